The fourth-order valence-electron chi connectivity index (χ4n) is 4.90. The highest BCUT2D eigenvalue weighted by Crippen LogP contribution is 2.26. The molecular formula is C29H33FN6O3. The predicted molar refractivity (Wildman–Crippen MR) is 148 cm³/mol. The smallest absolute Gasteiger partial charge is 0.229 e. The van der Waals surface area contributed by atoms with Crippen LogP contribution in [0.15, 0.2) is 48.7 Å². The van der Waals surface area contributed by atoms with Gasteiger partial charge in [-0.15, -0.1) is 0 Å². The number of nitrogens with one attached hydrogen (secondary N) is 1. The number of aromatic nitrogens is 2. The Labute approximate surface area is 227 Å². The Morgan fingerprint density at radius 1 is 0.974 bits per heavy atom. The van der Waals surface area contributed by atoms with Crippen LogP contribution >= 0.6 is 0 Å². The first kappa shape index (κ1) is 26.6. The summed E-state index contributed by atoms with van der Waals surface area (Å²) in [6.07, 6.45) is 2.06. The van der Waals surface area contributed by atoms with Crippen LogP contribution in [0.2, 0.25) is 0 Å². The highest BCUT2D eigenvalue weighted by Gasteiger charge is 2.24. The number of rotatable bonds is 7. The van der Waals surface area contributed by atoms with Crippen molar-refractivity contribution in [3.05, 3.63) is 71.2 Å². The summed E-state index contributed by atoms with van der Waals surface area (Å²) >= 11 is 0. The number of halogens is 1. The molecule has 2 fully saturated rings. The highest BCUT2D eigenvalue weighted by molar-refractivity contribution is 5.94. The Balaban J connectivity index is 1.19. The zero-order valence-electron chi connectivity index (χ0n) is 22.3. The van der Waals surface area contributed by atoms with Crippen molar-refractivity contribution in [3.8, 4) is 0 Å². The molecular weight excluding hydrogens is 499 g/mol. The Morgan fingerprint density at radius 2 is 1.69 bits per heavy atom. The first-order chi connectivity index (χ1) is 18.9. The molecule has 0 spiro atoms. The van der Waals surface area contributed by atoms with Gasteiger partial charge in [-0.1, -0.05) is 24.3 Å². The summed E-state index contributed by atoms with van der Waals surface area (Å²) in [5, 5.41) is 3.13. The molecule has 2 aliphatic rings. The molecule has 9 nitrogen and oxygen atoms in total. The Hall–Kier alpha value is -4.05. The minimum atomic E-state index is -0.301. The van der Waals surface area contributed by atoms with Gasteiger partial charge in [0.1, 0.15) is 11.6 Å². The van der Waals surface area contributed by atoms with E-state index in [0.29, 0.717) is 81.8 Å². The third-order valence-corrected chi connectivity index (χ3v) is 7.15. The molecule has 0 saturated carbocycles. The molecule has 5 rings (SSSR count). The minimum absolute atomic E-state index is 0.0104. The van der Waals surface area contributed by atoms with E-state index in [0.717, 1.165) is 16.9 Å². The fourth-order valence-corrected chi connectivity index (χ4v) is 4.90. The molecule has 3 aromatic rings. The zero-order valence-corrected chi connectivity index (χ0v) is 22.3. The van der Waals surface area contributed by atoms with Crippen molar-refractivity contribution >= 4 is 34.8 Å². The van der Waals surface area contributed by atoms with Gasteiger partial charge in [0.25, 0.3) is 0 Å². The number of benzene rings is 2. The highest BCUT2D eigenvalue weighted by atomic mass is 19.1. The number of ether oxygens (including phenoxy) is 1. The Bertz CT molecular complexity index is 1340. The van der Waals surface area contributed by atoms with Gasteiger partial charge in [-0.3, -0.25) is 9.59 Å². The summed E-state index contributed by atoms with van der Waals surface area (Å²) in [6.45, 7) is 8.48. The number of hydrogen-bond acceptors (Lipinski definition) is 8. The molecule has 1 N–H and O–H groups in total. The number of hydrogen-bond donors (Lipinski definition) is 1. The van der Waals surface area contributed by atoms with Gasteiger partial charge in [-0.2, -0.15) is 4.98 Å². The molecule has 2 aliphatic heterocycles. The molecule has 39 heavy (non-hydrogen) atoms. The number of ketones is 1. The van der Waals surface area contributed by atoms with E-state index in [-0.39, 0.29) is 17.5 Å². The van der Waals surface area contributed by atoms with Gasteiger partial charge < -0.3 is 24.8 Å². The fraction of sp³-hybridized carbons (Fsp3) is 0.379. The molecule has 3 heterocycles. The second-order valence-corrected chi connectivity index (χ2v) is 9.89. The topological polar surface area (TPSA) is 90.9 Å². The van der Waals surface area contributed by atoms with Crippen LogP contribution in [0.5, 0.6) is 0 Å². The van der Waals surface area contributed by atoms with Crippen LogP contribution in [-0.4, -0.2) is 79.0 Å². The summed E-state index contributed by atoms with van der Waals surface area (Å²) in [4.78, 5) is 39.5. The number of carbonyl (C=O) groups excluding carboxylic acids is 2. The van der Waals surface area contributed by atoms with Gasteiger partial charge in [0.05, 0.1) is 25.3 Å². The van der Waals surface area contributed by atoms with E-state index in [4.69, 9.17) is 9.72 Å². The third-order valence-electron chi connectivity index (χ3n) is 7.15. The van der Waals surface area contributed by atoms with E-state index in [2.05, 4.69) is 15.2 Å². The standard InChI is InChI=1S/C29H33FN6O3/c1-20-19-31-29(32-24-7-8-26(25(30)18-24)34-13-15-39-16-14-34)33-28(20)36-11-9-35(10-12-36)27(38)17-22-3-5-23(6-4-22)21(2)37/h3-8,18-19H,9-17H2,1-2H3,(H,31,32,33). The van der Waals surface area contributed by atoms with Crippen LogP contribution in [0, 0.1) is 12.7 Å². The maximum absolute atomic E-state index is 14.8. The van der Waals surface area contributed by atoms with E-state index in [1.807, 2.05) is 34.9 Å². The number of nitrogens with zero attached hydrogens (tertiary/aromatic N) is 5. The van der Waals surface area contributed by atoms with Crippen molar-refractivity contribution in [2.24, 2.45) is 0 Å². The number of carbonyl (C=O) groups is 2. The van der Waals surface area contributed by atoms with Crippen LogP contribution < -0.4 is 15.1 Å². The van der Waals surface area contributed by atoms with E-state index >= 15 is 0 Å². The molecule has 0 atom stereocenters. The van der Waals surface area contributed by atoms with Crippen LogP contribution in [0.3, 0.4) is 0 Å². The lowest BCUT2D eigenvalue weighted by atomic mass is 10.1. The normalized spacial score (nSPS) is 15.8. The Morgan fingerprint density at radius 3 is 2.36 bits per heavy atom. The largest absolute Gasteiger partial charge is 0.378 e. The third kappa shape index (κ3) is 6.34. The first-order valence-electron chi connectivity index (χ1n) is 13.2. The van der Waals surface area contributed by atoms with Crippen LogP contribution in [-0.2, 0) is 16.0 Å². The predicted octanol–water partition coefficient (Wildman–Crippen LogP) is 3.60. The lowest BCUT2D eigenvalue weighted by Gasteiger charge is -2.36. The van der Waals surface area contributed by atoms with Crippen LogP contribution in [0.1, 0.15) is 28.4 Å². The van der Waals surface area contributed by atoms with Crippen molar-refractivity contribution in [3.63, 3.8) is 0 Å². The van der Waals surface area contributed by atoms with Crippen molar-refractivity contribution in [2.75, 3.05) is 67.6 Å². The van der Waals surface area contributed by atoms with E-state index in [1.54, 1.807) is 24.4 Å². The number of Topliss-reactive ketones (excluding diaryl/α,β-unsaturated/α-hetero) is 1. The maximum Gasteiger partial charge on any atom is 0.229 e. The summed E-state index contributed by atoms with van der Waals surface area (Å²) in [6, 6.07) is 12.3. The van der Waals surface area contributed by atoms with Gasteiger partial charge in [-0.05, 0) is 37.6 Å². The van der Waals surface area contributed by atoms with Gasteiger partial charge in [-0.25, -0.2) is 9.37 Å². The molecule has 10 heteroatoms. The number of piperazine rings is 1. The molecule has 0 radical (unpaired) electrons. The molecule has 0 bridgehead atoms. The molecule has 204 valence electrons. The van der Waals surface area contributed by atoms with Gasteiger partial charge >= 0.3 is 0 Å². The number of amides is 1. The summed E-state index contributed by atoms with van der Waals surface area (Å²) < 4.78 is 20.2. The average Bonchev–Trinajstić information content (AvgIpc) is 2.95. The Kier molecular flexibility index (Phi) is 8.02. The van der Waals surface area contributed by atoms with Gasteiger partial charge in [0.15, 0.2) is 5.78 Å². The second-order valence-electron chi connectivity index (χ2n) is 9.89. The lowest BCUT2D eigenvalue weighted by molar-refractivity contribution is -0.130. The van der Waals surface area contributed by atoms with E-state index < -0.39 is 0 Å². The van der Waals surface area contributed by atoms with E-state index in [9.17, 15) is 14.0 Å². The van der Waals surface area contributed by atoms with Crippen molar-refractivity contribution in [2.45, 2.75) is 20.3 Å². The first-order valence-corrected chi connectivity index (χ1v) is 13.2. The van der Waals surface area contributed by atoms with Crippen molar-refractivity contribution < 1.29 is 18.7 Å². The monoisotopic (exact) mass is 532 g/mol. The molecule has 2 aromatic carbocycles. The van der Waals surface area contributed by atoms with Gasteiger partial charge in [0.2, 0.25) is 11.9 Å². The molecule has 0 aliphatic carbocycles. The van der Waals surface area contributed by atoms with Crippen LogP contribution in [0.25, 0.3) is 0 Å². The number of morpholine rings is 1. The molecule has 0 unspecified atom stereocenters. The van der Waals surface area contributed by atoms with E-state index in [1.165, 1.54) is 13.0 Å². The minimum Gasteiger partial charge on any atom is -0.378 e. The molecule has 1 amide bonds. The van der Waals surface area contributed by atoms with Gasteiger partial charge in [0, 0.05) is 62.3 Å². The van der Waals surface area contributed by atoms with Crippen LogP contribution in [0.4, 0.5) is 27.5 Å². The summed E-state index contributed by atoms with van der Waals surface area (Å²) in [5.74, 6) is 0.960. The SMILES string of the molecule is CC(=O)c1ccc(CC(=O)N2CCN(c3nc(Nc4ccc(N5CCOCC5)c(F)c4)ncc3C)CC2)cc1. The quantitative estimate of drug-likeness (QED) is 0.462. The summed E-state index contributed by atoms with van der Waals surface area (Å²) in [5.41, 5.74) is 3.61. The van der Waals surface area contributed by atoms with Crippen molar-refractivity contribution in [1.29, 1.82) is 0 Å². The average molecular weight is 533 g/mol. The van der Waals surface area contributed by atoms with Crippen molar-refractivity contribution in [1.82, 2.24) is 14.9 Å². The summed E-state index contributed by atoms with van der Waals surface area (Å²) in [7, 11) is 0. The number of aryl methyl sites for hydroxylation is 1. The zero-order chi connectivity index (χ0) is 27.4. The maximum atomic E-state index is 14.8. The molecule has 1 aromatic heterocycles. The molecule has 2 saturated heterocycles. The number of anilines is 4. The lowest BCUT2D eigenvalue weighted by Crippen LogP contribution is -2.49. The second kappa shape index (κ2) is 11.8.